The van der Waals surface area contributed by atoms with E-state index in [0.717, 1.165) is 0 Å². The van der Waals surface area contributed by atoms with Crippen LogP contribution in [0.3, 0.4) is 0 Å². The van der Waals surface area contributed by atoms with Crippen molar-refractivity contribution in [1.29, 1.82) is 0 Å². The molecule has 0 saturated heterocycles. The summed E-state index contributed by atoms with van der Waals surface area (Å²) >= 11 is 0. The molecule has 188 valence electrons. The molecule has 0 rings (SSSR count). The van der Waals surface area contributed by atoms with Gasteiger partial charge in [-0.15, -0.1) is 0 Å². The summed E-state index contributed by atoms with van der Waals surface area (Å²) in [7, 11) is 0. The van der Waals surface area contributed by atoms with Crippen LogP contribution < -0.4 is 38.9 Å². The molecule has 0 aromatic heterocycles. The van der Waals surface area contributed by atoms with Gasteiger partial charge in [0.05, 0.1) is 13.0 Å². The standard InChI is InChI=1S/C18H33N7O8/c19-6-2-1-3-10(23-15(29)9(20)8-26)16(30)24-11(4-5-13(21)27)17(31)25-12(18(32)33)7-14(22)28/h9-12,26H,1-8,19-20H2,(H2,21,27)(H2,22,28)(H,23,29)(H,24,30)(H,25,31)(H,32,33). The SMILES string of the molecule is NCCCCC(NC(=O)C(N)CO)C(=O)NC(CCC(N)=O)C(=O)NC(CC(N)=O)C(=O)O. The van der Waals surface area contributed by atoms with Crippen molar-refractivity contribution in [2.75, 3.05) is 13.2 Å². The highest BCUT2D eigenvalue weighted by Gasteiger charge is 2.30. The summed E-state index contributed by atoms with van der Waals surface area (Å²) in [4.78, 5) is 70.9. The molecule has 0 aliphatic heterocycles. The van der Waals surface area contributed by atoms with Gasteiger partial charge < -0.3 is 49.1 Å². The van der Waals surface area contributed by atoms with Gasteiger partial charge in [0.25, 0.3) is 0 Å². The van der Waals surface area contributed by atoms with Gasteiger partial charge in [0.15, 0.2) is 0 Å². The minimum absolute atomic E-state index is 0.122. The van der Waals surface area contributed by atoms with Gasteiger partial charge in [0, 0.05) is 6.42 Å². The largest absolute Gasteiger partial charge is 0.480 e. The molecule has 0 heterocycles. The molecule has 15 nitrogen and oxygen atoms in total. The number of unbranched alkanes of at least 4 members (excludes halogenated alkanes) is 1. The first kappa shape index (κ1) is 29.7. The van der Waals surface area contributed by atoms with Crippen LogP contribution in [0.5, 0.6) is 0 Å². The Kier molecular flexibility index (Phi) is 13.9. The number of aliphatic hydroxyl groups excluding tert-OH is 1. The van der Waals surface area contributed by atoms with Crippen LogP contribution in [0.4, 0.5) is 0 Å². The molecular weight excluding hydrogens is 442 g/mol. The van der Waals surface area contributed by atoms with Crippen molar-refractivity contribution in [3.63, 3.8) is 0 Å². The second-order valence-electron chi connectivity index (χ2n) is 7.27. The molecule has 4 unspecified atom stereocenters. The molecule has 13 N–H and O–H groups in total. The number of aliphatic carboxylic acids is 1. The number of hydrogen-bond donors (Lipinski definition) is 9. The quantitative estimate of drug-likeness (QED) is 0.0903. The Morgan fingerprint density at radius 1 is 0.758 bits per heavy atom. The fraction of sp³-hybridized carbons (Fsp3) is 0.667. The number of amides is 5. The smallest absolute Gasteiger partial charge is 0.326 e. The highest BCUT2D eigenvalue weighted by Crippen LogP contribution is 2.05. The second kappa shape index (κ2) is 15.5. The summed E-state index contributed by atoms with van der Waals surface area (Å²) in [5.41, 5.74) is 21.0. The first-order chi connectivity index (χ1) is 15.4. The van der Waals surface area contributed by atoms with Crippen molar-refractivity contribution in [3.05, 3.63) is 0 Å². The zero-order chi connectivity index (χ0) is 25.6. The van der Waals surface area contributed by atoms with Crippen LogP contribution in [-0.2, 0) is 28.8 Å². The number of rotatable bonds is 17. The zero-order valence-corrected chi connectivity index (χ0v) is 18.1. The third-order valence-electron chi connectivity index (χ3n) is 4.45. The lowest BCUT2D eigenvalue weighted by molar-refractivity contribution is -0.144. The van der Waals surface area contributed by atoms with Crippen molar-refractivity contribution in [2.45, 2.75) is 62.7 Å². The van der Waals surface area contributed by atoms with E-state index in [9.17, 15) is 28.8 Å². The average Bonchev–Trinajstić information content (AvgIpc) is 2.73. The summed E-state index contributed by atoms with van der Waals surface area (Å²) in [5.74, 6) is -5.93. The Balaban J connectivity index is 5.54. The van der Waals surface area contributed by atoms with Crippen molar-refractivity contribution >= 4 is 35.5 Å². The van der Waals surface area contributed by atoms with Crippen LogP contribution in [0.2, 0.25) is 0 Å². The number of carbonyl (C=O) groups excluding carboxylic acids is 5. The number of primary amides is 2. The monoisotopic (exact) mass is 475 g/mol. The molecule has 0 fully saturated rings. The number of carboxylic acid groups (broad SMARTS) is 1. The lowest BCUT2D eigenvalue weighted by atomic mass is 10.0. The lowest BCUT2D eigenvalue weighted by Gasteiger charge is -2.25. The van der Waals surface area contributed by atoms with E-state index < -0.39 is 72.7 Å². The van der Waals surface area contributed by atoms with Crippen LogP contribution in [-0.4, -0.2) is 83.0 Å². The topological polar surface area (TPSA) is 283 Å². The van der Waals surface area contributed by atoms with Crippen LogP contribution >= 0.6 is 0 Å². The number of carbonyl (C=O) groups is 6. The summed E-state index contributed by atoms with van der Waals surface area (Å²) in [6.45, 7) is -0.332. The van der Waals surface area contributed by atoms with Gasteiger partial charge in [-0.05, 0) is 32.2 Å². The van der Waals surface area contributed by atoms with E-state index in [1.807, 2.05) is 0 Å². The number of nitrogens with two attached hydrogens (primary N) is 4. The first-order valence-electron chi connectivity index (χ1n) is 10.2. The summed E-state index contributed by atoms with van der Waals surface area (Å²) < 4.78 is 0. The highest BCUT2D eigenvalue weighted by molar-refractivity contribution is 5.95. The van der Waals surface area contributed by atoms with Crippen LogP contribution in [0.25, 0.3) is 0 Å². The Bertz CT molecular complexity index is 718. The number of carboxylic acids is 1. The molecule has 15 heteroatoms. The molecule has 0 radical (unpaired) electrons. The third-order valence-corrected chi connectivity index (χ3v) is 4.45. The lowest BCUT2D eigenvalue weighted by Crippen LogP contribution is -2.57. The van der Waals surface area contributed by atoms with Gasteiger partial charge in [0.1, 0.15) is 24.2 Å². The highest BCUT2D eigenvalue weighted by atomic mass is 16.4. The predicted molar refractivity (Wildman–Crippen MR) is 114 cm³/mol. The molecule has 0 spiro atoms. The number of aliphatic hydroxyl groups is 1. The van der Waals surface area contributed by atoms with Gasteiger partial charge in [-0.1, -0.05) is 0 Å². The normalized spacial score (nSPS) is 14.3. The van der Waals surface area contributed by atoms with Crippen molar-refractivity contribution in [1.82, 2.24) is 16.0 Å². The molecule has 0 aliphatic rings. The van der Waals surface area contributed by atoms with E-state index in [-0.39, 0.29) is 19.3 Å². The summed E-state index contributed by atoms with van der Waals surface area (Å²) in [5, 5.41) is 25.0. The van der Waals surface area contributed by atoms with Crippen LogP contribution in [0.1, 0.15) is 38.5 Å². The summed E-state index contributed by atoms with van der Waals surface area (Å²) in [6.07, 6.45) is -0.225. The van der Waals surface area contributed by atoms with Gasteiger partial charge >= 0.3 is 5.97 Å². The Morgan fingerprint density at radius 2 is 1.27 bits per heavy atom. The van der Waals surface area contributed by atoms with Gasteiger partial charge in [-0.25, -0.2) is 4.79 Å². The maximum absolute atomic E-state index is 12.8. The van der Waals surface area contributed by atoms with Gasteiger partial charge in [0.2, 0.25) is 29.5 Å². The van der Waals surface area contributed by atoms with Crippen molar-refractivity contribution in [2.24, 2.45) is 22.9 Å². The molecule has 0 saturated carbocycles. The zero-order valence-electron chi connectivity index (χ0n) is 18.1. The average molecular weight is 476 g/mol. The van der Waals surface area contributed by atoms with Crippen LogP contribution in [0.15, 0.2) is 0 Å². The number of hydrogen-bond acceptors (Lipinski definition) is 9. The minimum atomic E-state index is -1.66. The maximum atomic E-state index is 12.8. The molecule has 0 aromatic carbocycles. The van der Waals surface area contributed by atoms with E-state index in [0.29, 0.717) is 19.4 Å². The maximum Gasteiger partial charge on any atom is 0.326 e. The first-order valence-corrected chi connectivity index (χ1v) is 10.2. The van der Waals surface area contributed by atoms with Crippen LogP contribution in [0, 0.1) is 0 Å². The molecule has 4 atom stereocenters. The van der Waals surface area contributed by atoms with E-state index in [1.54, 1.807) is 0 Å². The molecule has 0 aromatic rings. The van der Waals surface area contributed by atoms with Crippen molar-refractivity contribution < 1.29 is 39.0 Å². The fourth-order valence-electron chi connectivity index (χ4n) is 2.62. The second-order valence-corrected chi connectivity index (χ2v) is 7.27. The van der Waals surface area contributed by atoms with E-state index in [1.165, 1.54) is 0 Å². The Hall–Kier alpha value is -3.30. The fourth-order valence-corrected chi connectivity index (χ4v) is 2.62. The Morgan fingerprint density at radius 3 is 1.73 bits per heavy atom. The predicted octanol–water partition coefficient (Wildman–Crippen LogP) is -4.89. The van der Waals surface area contributed by atoms with E-state index in [2.05, 4.69) is 16.0 Å². The van der Waals surface area contributed by atoms with Gasteiger partial charge in [-0.3, -0.25) is 24.0 Å². The van der Waals surface area contributed by atoms with E-state index in [4.69, 9.17) is 33.1 Å². The molecular formula is C18H33N7O8. The molecule has 0 bridgehead atoms. The van der Waals surface area contributed by atoms with Crippen molar-refractivity contribution in [3.8, 4) is 0 Å². The minimum Gasteiger partial charge on any atom is -0.480 e. The number of nitrogens with one attached hydrogen (secondary N) is 3. The summed E-state index contributed by atoms with van der Waals surface area (Å²) in [6, 6.07) is -5.52. The van der Waals surface area contributed by atoms with Gasteiger partial charge in [-0.2, -0.15) is 0 Å². The molecule has 5 amide bonds. The molecule has 0 aliphatic carbocycles. The third kappa shape index (κ3) is 12.4. The van der Waals surface area contributed by atoms with E-state index >= 15 is 0 Å². The molecule has 33 heavy (non-hydrogen) atoms. The Labute approximate surface area is 190 Å².